The van der Waals surface area contributed by atoms with E-state index in [1.54, 1.807) is 93.9 Å². The van der Waals surface area contributed by atoms with E-state index in [1.165, 1.54) is 0 Å². The molecule has 0 aromatic heterocycles. The van der Waals surface area contributed by atoms with Crippen molar-refractivity contribution in [2.75, 3.05) is 19.5 Å². The Morgan fingerprint density at radius 3 is 2.13 bits per heavy atom. The molecule has 0 aliphatic heterocycles. The van der Waals surface area contributed by atoms with Crippen LogP contribution < -0.4 is 19.5 Å². The van der Waals surface area contributed by atoms with Gasteiger partial charge in [0.05, 0.1) is 14.2 Å². The maximum Gasteiger partial charge on any atom is 0.255 e. The Bertz CT molecular complexity index is 1030. The van der Waals surface area contributed by atoms with Crippen LogP contribution in [0.25, 0.3) is 0 Å². The molecular weight excluding hydrogens is 382 g/mol. The normalized spacial score (nSPS) is 11.3. The lowest BCUT2D eigenvalue weighted by Crippen LogP contribution is -2.24. The van der Waals surface area contributed by atoms with Gasteiger partial charge in [-0.15, -0.1) is 0 Å². The van der Waals surface area contributed by atoms with Crippen LogP contribution in [0.3, 0.4) is 0 Å². The number of ketones is 1. The van der Waals surface area contributed by atoms with Gasteiger partial charge in [-0.1, -0.05) is 12.1 Å². The van der Waals surface area contributed by atoms with E-state index in [0.29, 0.717) is 34.1 Å². The van der Waals surface area contributed by atoms with Crippen molar-refractivity contribution >= 4 is 17.4 Å². The zero-order chi connectivity index (χ0) is 21.5. The maximum atomic E-state index is 12.6. The van der Waals surface area contributed by atoms with Crippen LogP contribution >= 0.6 is 0 Å². The smallest absolute Gasteiger partial charge is 0.255 e. The summed E-state index contributed by atoms with van der Waals surface area (Å²) in [5, 5.41) is 2.82. The van der Waals surface area contributed by atoms with E-state index in [2.05, 4.69) is 5.32 Å². The molecule has 0 spiro atoms. The molecule has 154 valence electrons. The summed E-state index contributed by atoms with van der Waals surface area (Å²) in [6, 6.07) is 20.7. The summed E-state index contributed by atoms with van der Waals surface area (Å²) in [6.45, 7) is 1.69. The predicted molar refractivity (Wildman–Crippen MR) is 115 cm³/mol. The number of benzene rings is 3. The zero-order valence-electron chi connectivity index (χ0n) is 17.0. The highest BCUT2D eigenvalue weighted by molar-refractivity contribution is 6.04. The SMILES string of the molecule is COc1ccc(C(=O)C(C)Oc2cccc(NC(=O)c3cccc(OC)c3)c2)cc1. The van der Waals surface area contributed by atoms with Crippen LogP contribution in [0.4, 0.5) is 5.69 Å². The summed E-state index contributed by atoms with van der Waals surface area (Å²) in [5.41, 5.74) is 1.57. The summed E-state index contributed by atoms with van der Waals surface area (Å²) in [4.78, 5) is 25.1. The second-order valence-electron chi connectivity index (χ2n) is 6.57. The van der Waals surface area contributed by atoms with Gasteiger partial charge in [0.25, 0.3) is 5.91 Å². The van der Waals surface area contributed by atoms with E-state index < -0.39 is 6.10 Å². The molecule has 1 unspecified atom stereocenters. The highest BCUT2D eigenvalue weighted by Crippen LogP contribution is 2.22. The predicted octanol–water partition coefficient (Wildman–Crippen LogP) is 4.61. The molecule has 3 aromatic carbocycles. The third kappa shape index (κ3) is 5.17. The molecule has 0 saturated carbocycles. The van der Waals surface area contributed by atoms with Crippen LogP contribution in [0.15, 0.2) is 72.8 Å². The minimum absolute atomic E-state index is 0.150. The number of anilines is 1. The lowest BCUT2D eigenvalue weighted by atomic mass is 10.1. The van der Waals surface area contributed by atoms with Gasteiger partial charge in [0.15, 0.2) is 6.10 Å². The van der Waals surface area contributed by atoms with Crippen LogP contribution in [-0.4, -0.2) is 32.0 Å². The van der Waals surface area contributed by atoms with Gasteiger partial charge in [0.1, 0.15) is 17.2 Å². The van der Waals surface area contributed by atoms with Gasteiger partial charge in [-0.3, -0.25) is 9.59 Å². The first-order chi connectivity index (χ1) is 14.5. The summed E-state index contributed by atoms with van der Waals surface area (Å²) in [7, 11) is 3.12. The minimum Gasteiger partial charge on any atom is -0.497 e. The number of amides is 1. The van der Waals surface area contributed by atoms with Crippen LogP contribution in [0.5, 0.6) is 17.2 Å². The fourth-order valence-electron chi connectivity index (χ4n) is 2.86. The van der Waals surface area contributed by atoms with E-state index in [-0.39, 0.29) is 11.7 Å². The van der Waals surface area contributed by atoms with Crippen molar-refractivity contribution in [1.82, 2.24) is 0 Å². The average Bonchev–Trinajstić information content (AvgIpc) is 2.78. The number of ether oxygens (including phenoxy) is 3. The first-order valence-corrected chi connectivity index (χ1v) is 9.40. The fourth-order valence-corrected chi connectivity index (χ4v) is 2.86. The molecule has 0 fully saturated rings. The van der Waals surface area contributed by atoms with Crippen LogP contribution in [-0.2, 0) is 0 Å². The highest BCUT2D eigenvalue weighted by atomic mass is 16.5. The van der Waals surface area contributed by atoms with Crippen LogP contribution in [0.2, 0.25) is 0 Å². The molecule has 3 rings (SSSR count). The number of carbonyl (C=O) groups excluding carboxylic acids is 2. The molecule has 0 aliphatic carbocycles. The molecule has 6 nitrogen and oxygen atoms in total. The van der Waals surface area contributed by atoms with E-state index in [0.717, 1.165) is 0 Å². The van der Waals surface area contributed by atoms with Gasteiger partial charge in [-0.25, -0.2) is 0 Å². The van der Waals surface area contributed by atoms with E-state index in [1.807, 2.05) is 0 Å². The highest BCUT2D eigenvalue weighted by Gasteiger charge is 2.17. The molecule has 0 heterocycles. The number of methoxy groups -OCH3 is 2. The van der Waals surface area contributed by atoms with Crippen molar-refractivity contribution in [3.05, 3.63) is 83.9 Å². The number of hydrogen-bond donors (Lipinski definition) is 1. The fraction of sp³-hybridized carbons (Fsp3) is 0.167. The molecule has 0 saturated heterocycles. The Morgan fingerprint density at radius 1 is 0.767 bits per heavy atom. The van der Waals surface area contributed by atoms with Crippen molar-refractivity contribution < 1.29 is 23.8 Å². The van der Waals surface area contributed by atoms with Gasteiger partial charge in [0.2, 0.25) is 5.78 Å². The maximum absolute atomic E-state index is 12.6. The molecule has 6 heteroatoms. The Kier molecular flexibility index (Phi) is 6.70. The molecule has 0 aliphatic rings. The number of nitrogens with one attached hydrogen (secondary N) is 1. The standard InChI is InChI=1S/C24H23NO5/c1-16(23(26)17-10-12-20(28-2)13-11-17)30-22-9-5-7-19(15-22)25-24(27)18-6-4-8-21(14-18)29-3/h4-16H,1-3H3,(H,25,27). The largest absolute Gasteiger partial charge is 0.497 e. The topological polar surface area (TPSA) is 73.9 Å². The van der Waals surface area contributed by atoms with Crippen LogP contribution in [0, 0.1) is 0 Å². The first kappa shape index (κ1) is 20.9. The number of hydrogen-bond acceptors (Lipinski definition) is 5. The summed E-state index contributed by atoms with van der Waals surface area (Å²) in [6.07, 6.45) is -0.692. The molecule has 1 amide bonds. The third-order valence-corrected chi connectivity index (χ3v) is 4.48. The molecule has 30 heavy (non-hydrogen) atoms. The van der Waals surface area contributed by atoms with E-state index >= 15 is 0 Å². The molecule has 1 N–H and O–H groups in total. The van der Waals surface area contributed by atoms with E-state index in [9.17, 15) is 9.59 Å². The third-order valence-electron chi connectivity index (χ3n) is 4.48. The summed E-state index contributed by atoms with van der Waals surface area (Å²) < 4.78 is 16.1. The lowest BCUT2D eigenvalue weighted by molar-refractivity contribution is 0.0818. The zero-order valence-corrected chi connectivity index (χ0v) is 17.0. The summed E-state index contributed by atoms with van der Waals surface area (Å²) >= 11 is 0. The average molecular weight is 405 g/mol. The van der Waals surface area contributed by atoms with Gasteiger partial charge in [-0.05, 0) is 61.5 Å². The Balaban J connectivity index is 1.66. The molecule has 3 aromatic rings. The Hall–Kier alpha value is -3.80. The second kappa shape index (κ2) is 9.60. The lowest BCUT2D eigenvalue weighted by Gasteiger charge is -2.15. The van der Waals surface area contributed by atoms with Crippen molar-refractivity contribution in [1.29, 1.82) is 0 Å². The van der Waals surface area contributed by atoms with Gasteiger partial charge >= 0.3 is 0 Å². The van der Waals surface area contributed by atoms with Gasteiger partial charge < -0.3 is 19.5 Å². The van der Waals surface area contributed by atoms with Gasteiger partial charge in [-0.2, -0.15) is 0 Å². The van der Waals surface area contributed by atoms with Crippen LogP contribution in [0.1, 0.15) is 27.6 Å². The number of Topliss-reactive ketones (excluding diaryl/α,β-unsaturated/α-hetero) is 1. The minimum atomic E-state index is -0.692. The molecule has 1 atom stereocenters. The molecule has 0 bridgehead atoms. The Morgan fingerprint density at radius 2 is 1.43 bits per heavy atom. The van der Waals surface area contributed by atoms with E-state index in [4.69, 9.17) is 14.2 Å². The number of rotatable bonds is 8. The van der Waals surface area contributed by atoms with Crippen molar-refractivity contribution in [2.24, 2.45) is 0 Å². The van der Waals surface area contributed by atoms with Gasteiger partial charge in [0, 0.05) is 22.9 Å². The van der Waals surface area contributed by atoms with Crippen molar-refractivity contribution in [3.63, 3.8) is 0 Å². The first-order valence-electron chi connectivity index (χ1n) is 9.40. The monoisotopic (exact) mass is 405 g/mol. The molecular formula is C24H23NO5. The molecule has 0 radical (unpaired) electrons. The van der Waals surface area contributed by atoms with Crippen molar-refractivity contribution in [2.45, 2.75) is 13.0 Å². The van der Waals surface area contributed by atoms with Crippen molar-refractivity contribution in [3.8, 4) is 17.2 Å². The summed E-state index contributed by atoms with van der Waals surface area (Å²) in [5.74, 6) is 1.34. The second-order valence-corrected chi connectivity index (χ2v) is 6.57. The quantitative estimate of drug-likeness (QED) is 0.554. The number of carbonyl (C=O) groups is 2. The Labute approximate surface area is 175 Å².